The largest absolute Gasteiger partial charge is 0.334 e. The number of aryl methyl sites for hydroxylation is 1. The number of benzene rings is 1. The molecule has 0 aliphatic carbocycles. The third-order valence-electron chi connectivity index (χ3n) is 3.74. The summed E-state index contributed by atoms with van der Waals surface area (Å²) >= 11 is 12.3. The van der Waals surface area contributed by atoms with Crippen molar-refractivity contribution in [3.63, 3.8) is 0 Å². The van der Waals surface area contributed by atoms with Crippen molar-refractivity contribution in [3.05, 3.63) is 34.3 Å². The molecule has 4 heteroatoms. The Bertz CT molecular complexity index is 461. The Morgan fingerprint density at radius 2 is 2.16 bits per heavy atom. The molecule has 0 bridgehead atoms. The minimum atomic E-state index is 0.0150. The predicted molar refractivity (Wildman–Crippen MR) is 80.2 cm³/mol. The molecule has 1 amide bonds. The van der Waals surface area contributed by atoms with Gasteiger partial charge in [0.2, 0.25) is 0 Å². The molecule has 19 heavy (non-hydrogen) atoms. The van der Waals surface area contributed by atoms with Gasteiger partial charge in [0.25, 0.3) is 5.91 Å². The van der Waals surface area contributed by atoms with Crippen LogP contribution in [0.15, 0.2) is 18.2 Å². The Kier molecular flexibility index (Phi) is 5.12. The molecule has 0 aromatic heterocycles. The molecule has 2 nitrogen and oxygen atoms in total. The molecule has 1 aromatic rings. The van der Waals surface area contributed by atoms with E-state index in [1.165, 1.54) is 6.42 Å². The van der Waals surface area contributed by atoms with Gasteiger partial charge in [0.05, 0.1) is 10.6 Å². The number of carbonyl (C=O) groups is 1. The van der Waals surface area contributed by atoms with Gasteiger partial charge in [0.1, 0.15) is 0 Å². The smallest absolute Gasteiger partial charge is 0.255 e. The third-order valence-corrected chi connectivity index (χ3v) is 4.60. The SMILES string of the molecule is Cc1cccc(C(=O)N2CCCCCC2CCl)c1Cl. The first-order valence-corrected chi connectivity index (χ1v) is 7.68. The van der Waals surface area contributed by atoms with Crippen LogP contribution in [0.3, 0.4) is 0 Å². The van der Waals surface area contributed by atoms with E-state index in [0.717, 1.165) is 31.4 Å². The molecule has 2 rings (SSSR count). The van der Waals surface area contributed by atoms with Gasteiger partial charge in [-0.05, 0) is 31.4 Å². The van der Waals surface area contributed by atoms with E-state index in [0.29, 0.717) is 16.5 Å². The third kappa shape index (κ3) is 3.24. The lowest BCUT2D eigenvalue weighted by Gasteiger charge is -2.29. The fourth-order valence-electron chi connectivity index (χ4n) is 2.57. The molecular formula is C15H19Cl2NO. The summed E-state index contributed by atoms with van der Waals surface area (Å²) in [7, 11) is 0. The molecule has 1 saturated heterocycles. The fraction of sp³-hybridized carbons (Fsp3) is 0.533. The number of hydrogen-bond acceptors (Lipinski definition) is 1. The van der Waals surface area contributed by atoms with Crippen LogP contribution in [0.25, 0.3) is 0 Å². The summed E-state index contributed by atoms with van der Waals surface area (Å²) in [5.74, 6) is 0.510. The van der Waals surface area contributed by atoms with Crippen molar-refractivity contribution in [2.24, 2.45) is 0 Å². The number of carbonyl (C=O) groups excluding carboxylic acids is 1. The van der Waals surface area contributed by atoms with E-state index in [1.54, 1.807) is 6.07 Å². The van der Waals surface area contributed by atoms with Crippen LogP contribution < -0.4 is 0 Å². The molecule has 1 aromatic carbocycles. The molecule has 0 spiro atoms. The number of alkyl halides is 1. The van der Waals surface area contributed by atoms with Crippen LogP contribution in [0.2, 0.25) is 5.02 Å². The Morgan fingerprint density at radius 3 is 2.89 bits per heavy atom. The molecule has 1 aliphatic heterocycles. The van der Waals surface area contributed by atoms with Crippen LogP contribution in [-0.4, -0.2) is 29.3 Å². The number of amides is 1. The van der Waals surface area contributed by atoms with Crippen LogP contribution in [0.4, 0.5) is 0 Å². The number of nitrogens with zero attached hydrogens (tertiary/aromatic N) is 1. The van der Waals surface area contributed by atoms with Gasteiger partial charge in [0, 0.05) is 18.5 Å². The average Bonchev–Trinajstić information content (AvgIpc) is 2.66. The normalized spacial score (nSPS) is 20.2. The first kappa shape index (κ1) is 14.7. The van der Waals surface area contributed by atoms with Crippen molar-refractivity contribution in [3.8, 4) is 0 Å². The summed E-state index contributed by atoms with van der Waals surface area (Å²) in [6.07, 6.45) is 4.34. The van der Waals surface area contributed by atoms with Crippen molar-refractivity contribution < 1.29 is 4.79 Å². The van der Waals surface area contributed by atoms with Crippen LogP contribution in [0, 0.1) is 6.92 Å². The lowest BCUT2D eigenvalue weighted by molar-refractivity contribution is 0.0700. The maximum Gasteiger partial charge on any atom is 0.255 e. The Morgan fingerprint density at radius 1 is 1.37 bits per heavy atom. The summed E-state index contributed by atoms with van der Waals surface area (Å²) in [4.78, 5) is 14.6. The van der Waals surface area contributed by atoms with Gasteiger partial charge in [-0.3, -0.25) is 4.79 Å². The fourth-order valence-corrected chi connectivity index (χ4v) is 3.10. The van der Waals surface area contributed by atoms with Gasteiger partial charge in [-0.2, -0.15) is 0 Å². The van der Waals surface area contributed by atoms with E-state index < -0.39 is 0 Å². The summed E-state index contributed by atoms with van der Waals surface area (Å²) < 4.78 is 0. The standard InChI is InChI=1S/C15H19Cl2NO/c1-11-6-5-8-13(14(11)17)15(19)18-9-4-2-3-7-12(18)10-16/h5-6,8,12H,2-4,7,9-10H2,1H3. The molecule has 1 heterocycles. The maximum absolute atomic E-state index is 12.7. The van der Waals surface area contributed by atoms with Gasteiger partial charge in [-0.15, -0.1) is 11.6 Å². The minimum Gasteiger partial charge on any atom is -0.334 e. The molecule has 1 atom stereocenters. The number of hydrogen-bond donors (Lipinski definition) is 0. The lowest BCUT2D eigenvalue weighted by atomic mass is 10.1. The van der Waals surface area contributed by atoms with Crippen molar-refractivity contribution in [1.82, 2.24) is 4.90 Å². The number of rotatable bonds is 2. The maximum atomic E-state index is 12.7. The highest BCUT2D eigenvalue weighted by Crippen LogP contribution is 2.25. The second-order valence-corrected chi connectivity index (χ2v) is 5.78. The van der Waals surface area contributed by atoms with E-state index in [1.807, 2.05) is 24.0 Å². The molecular weight excluding hydrogens is 281 g/mol. The minimum absolute atomic E-state index is 0.0150. The summed E-state index contributed by atoms with van der Waals surface area (Å²) in [6, 6.07) is 5.73. The second kappa shape index (κ2) is 6.62. The average molecular weight is 300 g/mol. The van der Waals surface area contributed by atoms with Gasteiger partial charge >= 0.3 is 0 Å². The van der Waals surface area contributed by atoms with E-state index >= 15 is 0 Å². The predicted octanol–water partition coefficient (Wildman–Crippen LogP) is 4.27. The Hall–Kier alpha value is -0.730. The van der Waals surface area contributed by atoms with Crippen LogP contribution >= 0.6 is 23.2 Å². The van der Waals surface area contributed by atoms with Crippen molar-refractivity contribution in [2.45, 2.75) is 38.6 Å². The second-order valence-electron chi connectivity index (χ2n) is 5.09. The monoisotopic (exact) mass is 299 g/mol. The first-order valence-electron chi connectivity index (χ1n) is 6.77. The summed E-state index contributed by atoms with van der Waals surface area (Å²) in [5.41, 5.74) is 1.53. The molecule has 1 fully saturated rings. The highest BCUT2D eigenvalue weighted by molar-refractivity contribution is 6.34. The van der Waals surface area contributed by atoms with Gasteiger partial charge in [-0.1, -0.05) is 36.6 Å². The molecule has 0 radical (unpaired) electrons. The van der Waals surface area contributed by atoms with Crippen LogP contribution in [0.1, 0.15) is 41.6 Å². The van der Waals surface area contributed by atoms with Gasteiger partial charge < -0.3 is 4.90 Å². The molecule has 104 valence electrons. The van der Waals surface area contributed by atoms with E-state index in [2.05, 4.69) is 0 Å². The van der Waals surface area contributed by atoms with E-state index in [9.17, 15) is 4.79 Å². The highest BCUT2D eigenvalue weighted by atomic mass is 35.5. The zero-order valence-corrected chi connectivity index (χ0v) is 12.7. The summed E-state index contributed by atoms with van der Waals surface area (Å²) in [6.45, 7) is 2.70. The van der Waals surface area contributed by atoms with Crippen molar-refractivity contribution >= 4 is 29.1 Å². The Labute approximate surface area is 124 Å². The summed E-state index contributed by atoms with van der Waals surface area (Å²) in [5, 5.41) is 0.560. The molecule has 1 unspecified atom stereocenters. The van der Waals surface area contributed by atoms with Crippen LogP contribution in [-0.2, 0) is 0 Å². The van der Waals surface area contributed by atoms with Gasteiger partial charge in [-0.25, -0.2) is 0 Å². The molecule has 0 saturated carbocycles. The van der Waals surface area contributed by atoms with Crippen LogP contribution in [0.5, 0.6) is 0 Å². The number of halogens is 2. The number of likely N-dealkylation sites (tertiary alicyclic amines) is 1. The topological polar surface area (TPSA) is 20.3 Å². The van der Waals surface area contributed by atoms with E-state index in [-0.39, 0.29) is 11.9 Å². The lowest BCUT2D eigenvalue weighted by Crippen LogP contribution is -2.41. The van der Waals surface area contributed by atoms with E-state index in [4.69, 9.17) is 23.2 Å². The van der Waals surface area contributed by atoms with Crippen molar-refractivity contribution in [1.29, 1.82) is 0 Å². The molecule has 1 aliphatic rings. The first-order chi connectivity index (χ1) is 9.15. The molecule has 0 N–H and O–H groups in total. The Balaban J connectivity index is 2.28. The highest BCUT2D eigenvalue weighted by Gasteiger charge is 2.27. The zero-order chi connectivity index (χ0) is 13.8. The quantitative estimate of drug-likeness (QED) is 0.747. The zero-order valence-electron chi connectivity index (χ0n) is 11.2. The van der Waals surface area contributed by atoms with Crippen molar-refractivity contribution in [2.75, 3.05) is 12.4 Å². The van der Waals surface area contributed by atoms with Gasteiger partial charge in [0.15, 0.2) is 0 Å².